The molecule has 2 aliphatic rings. The van der Waals surface area contributed by atoms with Crippen molar-refractivity contribution in [1.82, 2.24) is 10.6 Å². The van der Waals surface area contributed by atoms with Gasteiger partial charge in [0.15, 0.2) is 0 Å². The highest BCUT2D eigenvalue weighted by Crippen LogP contribution is 2.49. The van der Waals surface area contributed by atoms with Crippen molar-refractivity contribution in [2.75, 3.05) is 11.5 Å². The number of carbonyl (C=O) groups is 2. The van der Waals surface area contributed by atoms with E-state index in [1.165, 1.54) is 35.7 Å². The third-order valence-electron chi connectivity index (χ3n) is 4.75. The minimum Gasteiger partial charge on any atom is -0.508 e. The smallest absolute Gasteiger partial charge is 0.231 e. The molecule has 0 aromatic heterocycles. The highest BCUT2D eigenvalue weighted by atomic mass is 35.5. The molecule has 2 heterocycles. The fraction of sp³-hybridized carbons (Fsp3) is 0.200. The second-order valence-electron chi connectivity index (χ2n) is 6.69. The van der Waals surface area contributed by atoms with Crippen LogP contribution >= 0.6 is 35.1 Å². The Balaban J connectivity index is 1.92. The summed E-state index contributed by atoms with van der Waals surface area (Å²) in [5.41, 5.74) is 1.92. The largest absolute Gasteiger partial charge is 0.508 e. The van der Waals surface area contributed by atoms with E-state index < -0.39 is 4.87 Å². The van der Waals surface area contributed by atoms with Crippen LogP contribution in [-0.4, -0.2) is 28.4 Å². The molecule has 0 saturated carbocycles. The molecular weight excluding hydrogens is 444 g/mol. The van der Waals surface area contributed by atoms with Gasteiger partial charge in [-0.2, -0.15) is 10.5 Å². The third kappa shape index (κ3) is 3.46. The maximum atomic E-state index is 12.2. The predicted molar refractivity (Wildman–Crippen MR) is 114 cm³/mol. The topological polar surface area (TPSA) is 126 Å². The second-order valence-corrected chi connectivity index (χ2v) is 9.38. The number of nitriles is 2. The summed E-state index contributed by atoms with van der Waals surface area (Å²) in [6, 6.07) is 11.7. The summed E-state index contributed by atoms with van der Waals surface area (Å²) in [6.07, 6.45) is 0. The average Bonchev–Trinajstić information content (AvgIpc) is 3.33. The zero-order chi connectivity index (χ0) is 21.5. The molecule has 0 aliphatic carbocycles. The number of nitrogens with one attached hydrogen (secondary N) is 2. The number of benzene rings is 2. The Labute approximate surface area is 185 Å². The van der Waals surface area contributed by atoms with Gasteiger partial charge in [0.25, 0.3) is 0 Å². The SMILES string of the molecule is N#Cc1cc(O)cc(C2(c3c(Cl)cc(C4NC(=O)CS4)cc3C#N)NC(=O)CS2)c1. The summed E-state index contributed by atoms with van der Waals surface area (Å²) in [5.74, 6) is -0.0506. The maximum absolute atomic E-state index is 12.2. The van der Waals surface area contributed by atoms with E-state index in [-0.39, 0.29) is 44.8 Å². The highest BCUT2D eigenvalue weighted by molar-refractivity contribution is 8.01. The molecule has 2 aromatic carbocycles. The van der Waals surface area contributed by atoms with E-state index in [4.69, 9.17) is 11.6 Å². The van der Waals surface area contributed by atoms with E-state index in [9.17, 15) is 25.2 Å². The fourth-order valence-electron chi connectivity index (χ4n) is 3.55. The van der Waals surface area contributed by atoms with E-state index in [0.29, 0.717) is 22.4 Å². The van der Waals surface area contributed by atoms with Crippen LogP contribution in [0.15, 0.2) is 30.3 Å². The lowest BCUT2D eigenvalue weighted by molar-refractivity contribution is -0.119. The van der Waals surface area contributed by atoms with Crippen LogP contribution in [0.1, 0.15) is 33.2 Å². The van der Waals surface area contributed by atoms with E-state index in [2.05, 4.69) is 16.7 Å². The summed E-state index contributed by atoms with van der Waals surface area (Å²) < 4.78 is 0. The molecular formula is C20H13ClN4O3S2. The molecule has 2 fully saturated rings. The van der Waals surface area contributed by atoms with Gasteiger partial charge in [0.1, 0.15) is 16.0 Å². The molecule has 2 atom stereocenters. The predicted octanol–water partition coefficient (Wildman–Crippen LogP) is 2.71. The number of halogens is 1. The Morgan fingerprint density at radius 2 is 1.90 bits per heavy atom. The summed E-state index contributed by atoms with van der Waals surface area (Å²) in [5, 5.41) is 34.9. The van der Waals surface area contributed by atoms with Gasteiger partial charge in [0.05, 0.1) is 34.8 Å². The molecule has 150 valence electrons. The molecule has 4 rings (SSSR count). The number of hydrogen-bond donors (Lipinski definition) is 3. The minimum atomic E-state index is -1.24. The van der Waals surface area contributed by atoms with Gasteiger partial charge in [-0.05, 0) is 41.5 Å². The summed E-state index contributed by atoms with van der Waals surface area (Å²) in [6.45, 7) is 0. The number of thioether (sulfide) groups is 2. The van der Waals surface area contributed by atoms with Crippen molar-refractivity contribution >= 4 is 46.9 Å². The first-order chi connectivity index (χ1) is 14.4. The zero-order valence-corrected chi connectivity index (χ0v) is 17.6. The first kappa shape index (κ1) is 20.4. The number of phenols is 1. The van der Waals surface area contributed by atoms with Gasteiger partial charge in [-0.15, -0.1) is 23.5 Å². The zero-order valence-electron chi connectivity index (χ0n) is 15.2. The maximum Gasteiger partial charge on any atom is 0.231 e. The molecule has 2 saturated heterocycles. The van der Waals surface area contributed by atoms with Crippen LogP contribution < -0.4 is 10.6 Å². The van der Waals surface area contributed by atoms with Gasteiger partial charge in [0.2, 0.25) is 11.8 Å². The molecule has 3 N–H and O–H groups in total. The summed E-state index contributed by atoms with van der Waals surface area (Å²) in [7, 11) is 0. The summed E-state index contributed by atoms with van der Waals surface area (Å²) in [4.78, 5) is 22.6. The van der Waals surface area contributed by atoms with Crippen LogP contribution in [0.5, 0.6) is 5.75 Å². The Kier molecular flexibility index (Phi) is 5.29. The van der Waals surface area contributed by atoms with E-state index in [0.717, 1.165) is 0 Å². The molecule has 0 bridgehead atoms. The third-order valence-corrected chi connectivity index (χ3v) is 7.58. The second kappa shape index (κ2) is 7.77. The van der Waals surface area contributed by atoms with Crippen molar-refractivity contribution in [3.63, 3.8) is 0 Å². The first-order valence-electron chi connectivity index (χ1n) is 8.71. The van der Waals surface area contributed by atoms with Crippen LogP contribution in [0.2, 0.25) is 5.02 Å². The van der Waals surface area contributed by atoms with Gasteiger partial charge >= 0.3 is 0 Å². The number of nitrogens with zero attached hydrogens (tertiary/aromatic N) is 2. The Bertz CT molecular complexity index is 1170. The van der Waals surface area contributed by atoms with Crippen molar-refractivity contribution < 1.29 is 14.7 Å². The first-order valence-corrected chi connectivity index (χ1v) is 11.1. The number of amides is 2. The van der Waals surface area contributed by atoms with Crippen LogP contribution in [0.25, 0.3) is 0 Å². The van der Waals surface area contributed by atoms with Crippen molar-refractivity contribution in [2.24, 2.45) is 0 Å². The molecule has 2 aromatic rings. The van der Waals surface area contributed by atoms with E-state index >= 15 is 0 Å². The fourth-order valence-corrected chi connectivity index (χ4v) is 6.17. The molecule has 0 spiro atoms. The van der Waals surface area contributed by atoms with Crippen LogP contribution in [0.4, 0.5) is 0 Å². The van der Waals surface area contributed by atoms with E-state index in [1.807, 2.05) is 6.07 Å². The normalized spacial score (nSPS) is 22.8. The van der Waals surface area contributed by atoms with Gasteiger partial charge < -0.3 is 15.7 Å². The molecule has 2 unspecified atom stereocenters. The molecule has 0 radical (unpaired) electrons. The van der Waals surface area contributed by atoms with Crippen LogP contribution in [0, 0.1) is 22.7 Å². The molecule has 2 amide bonds. The quantitative estimate of drug-likeness (QED) is 0.648. The lowest BCUT2D eigenvalue weighted by Gasteiger charge is -2.32. The Hall–Kier alpha value is -2.85. The van der Waals surface area contributed by atoms with Gasteiger partial charge in [-0.25, -0.2) is 0 Å². The van der Waals surface area contributed by atoms with Gasteiger partial charge in [-0.3, -0.25) is 9.59 Å². The number of phenolic OH excluding ortho intramolecular Hbond substituents is 1. The van der Waals surface area contributed by atoms with Gasteiger partial charge in [0, 0.05) is 10.6 Å². The standard InChI is InChI=1S/C20H13ClN4O3S2/c21-15-4-11(19-24-16(27)8-29-19)3-12(7-23)18(15)20(25-17(28)9-30-20)13-1-10(6-22)2-14(26)5-13/h1-5,19,26H,8-9H2,(H,24,27)(H,25,28). The molecule has 2 aliphatic heterocycles. The average molecular weight is 457 g/mol. The van der Waals surface area contributed by atoms with Crippen LogP contribution in [-0.2, 0) is 14.5 Å². The monoisotopic (exact) mass is 456 g/mol. The molecule has 30 heavy (non-hydrogen) atoms. The Morgan fingerprint density at radius 3 is 2.50 bits per heavy atom. The number of hydrogen-bond acceptors (Lipinski definition) is 7. The van der Waals surface area contributed by atoms with Crippen molar-refractivity contribution in [3.05, 3.63) is 63.2 Å². The van der Waals surface area contributed by atoms with Crippen molar-refractivity contribution in [1.29, 1.82) is 10.5 Å². The van der Waals surface area contributed by atoms with Crippen LogP contribution in [0.3, 0.4) is 0 Å². The Morgan fingerprint density at radius 1 is 1.10 bits per heavy atom. The number of aromatic hydroxyl groups is 1. The van der Waals surface area contributed by atoms with Crippen molar-refractivity contribution in [2.45, 2.75) is 10.2 Å². The lowest BCUT2D eigenvalue weighted by Crippen LogP contribution is -2.39. The summed E-state index contributed by atoms with van der Waals surface area (Å²) >= 11 is 9.27. The van der Waals surface area contributed by atoms with E-state index in [1.54, 1.807) is 18.2 Å². The van der Waals surface area contributed by atoms with Crippen molar-refractivity contribution in [3.8, 4) is 17.9 Å². The minimum absolute atomic E-state index is 0.0948. The number of carbonyl (C=O) groups excluding carboxylic acids is 2. The lowest BCUT2D eigenvalue weighted by atomic mass is 9.91. The number of rotatable bonds is 3. The molecule has 7 nitrogen and oxygen atoms in total. The highest BCUT2D eigenvalue weighted by Gasteiger charge is 2.45. The van der Waals surface area contributed by atoms with Gasteiger partial charge in [-0.1, -0.05) is 11.6 Å². The molecule has 10 heteroatoms.